The average molecular weight is 198 g/mol. The molecule has 2 rings (SSSR count). The van der Waals surface area contributed by atoms with Crippen LogP contribution in [0, 0.1) is 0 Å². The van der Waals surface area contributed by atoms with E-state index in [1.165, 1.54) is 11.3 Å². The predicted molar refractivity (Wildman–Crippen MR) is 49.4 cm³/mol. The Morgan fingerprint density at radius 1 is 1.50 bits per heavy atom. The molecule has 2 heterocycles. The number of carbonyl (C=O) groups is 2. The highest BCUT2D eigenvalue weighted by Crippen LogP contribution is 2.36. The third-order valence-corrected chi connectivity index (χ3v) is 4.04. The zero-order valence-corrected chi connectivity index (χ0v) is 7.83. The molecular formula is C8H6O2S2. The van der Waals surface area contributed by atoms with E-state index in [1.54, 1.807) is 17.8 Å². The lowest BCUT2D eigenvalue weighted by atomic mass is 10.1. The number of hydrogen-bond acceptors (Lipinski definition) is 4. The molecule has 1 aliphatic rings. The summed E-state index contributed by atoms with van der Waals surface area (Å²) in [5.41, 5.74) is 0.748. The Bertz CT molecular complexity index is 341. The molecule has 0 amide bonds. The monoisotopic (exact) mass is 198 g/mol. The quantitative estimate of drug-likeness (QED) is 0.649. The second-order valence-corrected chi connectivity index (χ2v) is 4.94. The molecule has 4 heteroatoms. The smallest absolute Gasteiger partial charge is 0.165 e. The van der Waals surface area contributed by atoms with Gasteiger partial charge in [-0.2, -0.15) is 0 Å². The number of thiophene rings is 1. The van der Waals surface area contributed by atoms with Crippen LogP contribution in [0.25, 0.3) is 0 Å². The van der Waals surface area contributed by atoms with Gasteiger partial charge in [-0.1, -0.05) is 0 Å². The van der Waals surface area contributed by atoms with Crippen molar-refractivity contribution in [1.82, 2.24) is 0 Å². The Hall–Kier alpha value is -0.610. The van der Waals surface area contributed by atoms with Gasteiger partial charge >= 0.3 is 0 Å². The summed E-state index contributed by atoms with van der Waals surface area (Å²) in [6.07, 6.45) is 1.41. The van der Waals surface area contributed by atoms with Crippen LogP contribution in [0.2, 0.25) is 0 Å². The first-order chi connectivity index (χ1) is 5.81. The standard InChI is InChI=1S/C8H6O2S2/c9-4-5-3-6-7(10)1-2-11-8(6)12-5/h3-4H,1-2H2. The van der Waals surface area contributed by atoms with Gasteiger partial charge in [0.05, 0.1) is 9.09 Å². The lowest BCUT2D eigenvalue weighted by Gasteiger charge is -2.07. The normalized spacial score (nSPS) is 15.8. The maximum absolute atomic E-state index is 11.3. The second-order valence-electron chi connectivity index (χ2n) is 2.49. The van der Waals surface area contributed by atoms with E-state index >= 15 is 0 Å². The van der Waals surface area contributed by atoms with Gasteiger partial charge in [-0.05, 0) is 6.07 Å². The highest BCUT2D eigenvalue weighted by molar-refractivity contribution is 8.01. The lowest BCUT2D eigenvalue weighted by molar-refractivity contribution is 0.0985. The van der Waals surface area contributed by atoms with Crippen molar-refractivity contribution in [3.05, 3.63) is 16.5 Å². The van der Waals surface area contributed by atoms with Gasteiger partial charge in [-0.15, -0.1) is 23.1 Å². The average Bonchev–Trinajstić information content (AvgIpc) is 2.49. The summed E-state index contributed by atoms with van der Waals surface area (Å²) in [6, 6.07) is 1.70. The molecular weight excluding hydrogens is 192 g/mol. The summed E-state index contributed by atoms with van der Waals surface area (Å²) in [5.74, 6) is 1.03. The van der Waals surface area contributed by atoms with Gasteiger partial charge in [0.1, 0.15) is 0 Å². The number of ketones is 1. The van der Waals surface area contributed by atoms with Crippen LogP contribution in [-0.4, -0.2) is 17.8 Å². The molecule has 0 radical (unpaired) electrons. The molecule has 0 saturated carbocycles. The van der Waals surface area contributed by atoms with Gasteiger partial charge in [-0.25, -0.2) is 0 Å². The minimum atomic E-state index is 0.174. The van der Waals surface area contributed by atoms with Crippen molar-refractivity contribution >= 4 is 35.2 Å². The summed E-state index contributed by atoms with van der Waals surface area (Å²) in [4.78, 5) is 22.4. The van der Waals surface area contributed by atoms with Crippen molar-refractivity contribution < 1.29 is 9.59 Å². The predicted octanol–water partition coefficient (Wildman–Crippen LogP) is 2.24. The maximum Gasteiger partial charge on any atom is 0.165 e. The van der Waals surface area contributed by atoms with Crippen LogP contribution >= 0.6 is 23.1 Å². The molecule has 0 bridgehead atoms. The molecule has 0 atom stereocenters. The van der Waals surface area contributed by atoms with E-state index in [-0.39, 0.29) is 5.78 Å². The zero-order chi connectivity index (χ0) is 8.55. The van der Waals surface area contributed by atoms with E-state index < -0.39 is 0 Å². The van der Waals surface area contributed by atoms with E-state index in [2.05, 4.69) is 0 Å². The van der Waals surface area contributed by atoms with Gasteiger partial charge in [0.25, 0.3) is 0 Å². The van der Waals surface area contributed by atoms with Crippen LogP contribution in [0.3, 0.4) is 0 Å². The molecule has 0 fully saturated rings. The molecule has 0 N–H and O–H groups in total. The van der Waals surface area contributed by atoms with Crippen LogP contribution in [0.5, 0.6) is 0 Å². The maximum atomic E-state index is 11.3. The van der Waals surface area contributed by atoms with E-state index in [1.807, 2.05) is 0 Å². The molecule has 0 saturated heterocycles. The third kappa shape index (κ3) is 1.21. The van der Waals surface area contributed by atoms with Crippen LogP contribution in [0.15, 0.2) is 10.3 Å². The Kier molecular flexibility index (Phi) is 2.02. The summed E-state index contributed by atoms with van der Waals surface area (Å²) < 4.78 is 1.01. The first-order valence-electron chi connectivity index (χ1n) is 3.56. The first kappa shape index (κ1) is 8.01. The van der Waals surface area contributed by atoms with Crippen molar-refractivity contribution in [3.8, 4) is 0 Å². The molecule has 12 heavy (non-hydrogen) atoms. The summed E-state index contributed by atoms with van der Waals surface area (Å²) in [5, 5.41) is 0. The number of rotatable bonds is 1. The van der Waals surface area contributed by atoms with Gasteiger partial charge in [0.2, 0.25) is 0 Å². The minimum absolute atomic E-state index is 0.174. The highest BCUT2D eigenvalue weighted by atomic mass is 32.2. The van der Waals surface area contributed by atoms with Gasteiger partial charge in [-0.3, -0.25) is 9.59 Å². The largest absolute Gasteiger partial charge is 0.297 e. The van der Waals surface area contributed by atoms with Crippen molar-refractivity contribution in [3.63, 3.8) is 0 Å². The van der Waals surface area contributed by atoms with E-state index in [4.69, 9.17) is 0 Å². The number of hydrogen-bond donors (Lipinski definition) is 0. The summed E-state index contributed by atoms with van der Waals surface area (Å²) in [7, 11) is 0. The van der Waals surface area contributed by atoms with E-state index in [0.717, 1.165) is 21.8 Å². The second kappa shape index (κ2) is 3.03. The van der Waals surface area contributed by atoms with Gasteiger partial charge in [0.15, 0.2) is 12.1 Å². The summed E-state index contributed by atoms with van der Waals surface area (Å²) >= 11 is 3.08. The third-order valence-electron chi connectivity index (χ3n) is 1.70. The van der Waals surface area contributed by atoms with Crippen LogP contribution in [-0.2, 0) is 0 Å². The molecule has 0 unspecified atom stereocenters. The molecule has 0 aromatic carbocycles. The SMILES string of the molecule is O=Cc1cc2c(s1)SCCC2=O. The van der Waals surface area contributed by atoms with Gasteiger partial charge in [0, 0.05) is 17.7 Å². The van der Waals surface area contributed by atoms with Crippen LogP contribution < -0.4 is 0 Å². The summed E-state index contributed by atoms with van der Waals surface area (Å²) in [6.45, 7) is 0. The fourth-order valence-corrected chi connectivity index (χ4v) is 3.42. The molecule has 2 nitrogen and oxygen atoms in total. The topological polar surface area (TPSA) is 34.1 Å². The Balaban J connectivity index is 2.50. The molecule has 0 aliphatic carbocycles. The number of thioether (sulfide) groups is 1. The molecule has 62 valence electrons. The molecule has 1 aliphatic heterocycles. The fraction of sp³-hybridized carbons (Fsp3) is 0.250. The lowest BCUT2D eigenvalue weighted by Crippen LogP contribution is -2.04. The minimum Gasteiger partial charge on any atom is -0.297 e. The first-order valence-corrected chi connectivity index (χ1v) is 5.36. The number of carbonyl (C=O) groups excluding carboxylic acids is 2. The van der Waals surface area contributed by atoms with Crippen LogP contribution in [0.1, 0.15) is 26.5 Å². The van der Waals surface area contributed by atoms with E-state index in [0.29, 0.717) is 11.3 Å². The number of fused-ring (bicyclic) bond motifs is 1. The number of Topliss-reactive ketones (excluding diaryl/α,β-unsaturated/α-hetero) is 1. The van der Waals surface area contributed by atoms with Crippen molar-refractivity contribution in [2.45, 2.75) is 10.6 Å². The van der Waals surface area contributed by atoms with Crippen LogP contribution in [0.4, 0.5) is 0 Å². The zero-order valence-electron chi connectivity index (χ0n) is 6.20. The number of aldehydes is 1. The highest BCUT2D eigenvalue weighted by Gasteiger charge is 2.20. The van der Waals surface area contributed by atoms with Crippen molar-refractivity contribution in [2.24, 2.45) is 0 Å². The Labute approximate surface area is 78.0 Å². The Morgan fingerprint density at radius 2 is 2.33 bits per heavy atom. The molecule has 0 spiro atoms. The van der Waals surface area contributed by atoms with Crippen molar-refractivity contribution in [2.75, 3.05) is 5.75 Å². The molecule has 1 aromatic rings. The fourth-order valence-electron chi connectivity index (χ4n) is 1.12. The molecule has 1 aromatic heterocycles. The van der Waals surface area contributed by atoms with E-state index in [9.17, 15) is 9.59 Å². The van der Waals surface area contributed by atoms with Gasteiger partial charge < -0.3 is 0 Å². The Morgan fingerprint density at radius 3 is 3.00 bits per heavy atom. The van der Waals surface area contributed by atoms with Crippen molar-refractivity contribution in [1.29, 1.82) is 0 Å².